The minimum atomic E-state index is -0.507. The predicted molar refractivity (Wildman–Crippen MR) is 76.6 cm³/mol. The summed E-state index contributed by atoms with van der Waals surface area (Å²) in [6, 6.07) is 9.62. The highest BCUT2D eigenvalue weighted by molar-refractivity contribution is 7.98. The van der Waals surface area contributed by atoms with Gasteiger partial charge < -0.3 is 5.11 Å². The van der Waals surface area contributed by atoms with Crippen molar-refractivity contribution < 1.29 is 5.11 Å². The summed E-state index contributed by atoms with van der Waals surface area (Å²) in [7, 11) is 2.02. The zero-order chi connectivity index (χ0) is 13.5. The van der Waals surface area contributed by atoms with E-state index in [2.05, 4.69) is 24.1 Å². The molecule has 0 aliphatic rings. The van der Waals surface area contributed by atoms with Crippen molar-refractivity contribution >= 4 is 11.8 Å². The number of hydrogen-bond donors (Lipinski definition) is 1. The van der Waals surface area contributed by atoms with Crippen molar-refractivity contribution in [2.45, 2.75) is 19.1 Å². The molecule has 1 N–H and O–H groups in total. The van der Waals surface area contributed by atoms with Crippen molar-refractivity contribution in [1.82, 2.24) is 4.90 Å². The van der Waals surface area contributed by atoms with Crippen LogP contribution in [0.1, 0.15) is 24.2 Å². The first kappa shape index (κ1) is 15.0. The molecule has 0 bridgehead atoms. The summed E-state index contributed by atoms with van der Waals surface area (Å²) in [4.78, 5) is 2.15. The summed E-state index contributed by atoms with van der Waals surface area (Å²) in [5.74, 6) is 1.05. The molecule has 98 valence electrons. The van der Waals surface area contributed by atoms with Crippen LogP contribution in [0.5, 0.6) is 0 Å². The molecule has 2 atom stereocenters. The first-order chi connectivity index (χ1) is 8.58. The van der Waals surface area contributed by atoms with Gasteiger partial charge in [-0.05, 0) is 37.9 Å². The second-order valence-electron chi connectivity index (χ2n) is 4.49. The van der Waals surface area contributed by atoms with Crippen LogP contribution in [-0.2, 0) is 0 Å². The smallest absolute Gasteiger partial charge is 0.0991 e. The summed E-state index contributed by atoms with van der Waals surface area (Å²) in [6.07, 6.45) is 1.58. The first-order valence-electron chi connectivity index (χ1n) is 5.95. The number of aliphatic hydroxyl groups excluding tert-OH is 1. The molecule has 0 radical (unpaired) electrons. The Morgan fingerprint density at radius 2 is 2.00 bits per heavy atom. The summed E-state index contributed by atoms with van der Waals surface area (Å²) >= 11 is 1.81. The maximum Gasteiger partial charge on any atom is 0.0991 e. The van der Waals surface area contributed by atoms with Gasteiger partial charge in [0.15, 0.2) is 0 Å². The summed E-state index contributed by atoms with van der Waals surface area (Å²) in [5, 5.41) is 18.9. The molecule has 1 aromatic rings. The number of likely N-dealkylation sites (N-methyl/N-ethyl adjacent to an activating group) is 1. The van der Waals surface area contributed by atoms with Gasteiger partial charge in [-0.1, -0.05) is 12.1 Å². The highest BCUT2D eigenvalue weighted by Gasteiger charge is 2.14. The lowest BCUT2D eigenvalue weighted by Crippen LogP contribution is -2.34. The van der Waals surface area contributed by atoms with Crippen LogP contribution in [0.25, 0.3) is 0 Å². The fraction of sp³-hybridized carbons (Fsp3) is 0.500. The van der Waals surface area contributed by atoms with Crippen molar-refractivity contribution in [1.29, 1.82) is 5.26 Å². The van der Waals surface area contributed by atoms with E-state index in [1.165, 1.54) is 0 Å². The molecular formula is C14H20N2OS. The molecule has 18 heavy (non-hydrogen) atoms. The Kier molecular flexibility index (Phi) is 6.20. The van der Waals surface area contributed by atoms with E-state index in [0.717, 1.165) is 11.3 Å². The van der Waals surface area contributed by atoms with Gasteiger partial charge in [-0.15, -0.1) is 0 Å². The minimum absolute atomic E-state index is 0.438. The quantitative estimate of drug-likeness (QED) is 0.856. The molecule has 0 saturated heterocycles. The van der Waals surface area contributed by atoms with Crippen LogP contribution in [0, 0.1) is 11.3 Å². The van der Waals surface area contributed by atoms with E-state index < -0.39 is 6.10 Å². The zero-order valence-electron chi connectivity index (χ0n) is 11.1. The van der Waals surface area contributed by atoms with Crippen molar-refractivity contribution in [2.24, 2.45) is 0 Å². The van der Waals surface area contributed by atoms with Crippen molar-refractivity contribution in [3.8, 4) is 6.07 Å². The van der Waals surface area contributed by atoms with Crippen LogP contribution in [0.2, 0.25) is 0 Å². The third kappa shape index (κ3) is 4.34. The second kappa shape index (κ2) is 7.42. The monoisotopic (exact) mass is 264 g/mol. The highest BCUT2D eigenvalue weighted by Crippen LogP contribution is 2.16. The first-order valence-corrected chi connectivity index (χ1v) is 7.35. The van der Waals surface area contributed by atoms with E-state index in [1.54, 1.807) is 23.9 Å². The van der Waals surface area contributed by atoms with Gasteiger partial charge in [0.05, 0.1) is 17.7 Å². The summed E-state index contributed by atoms with van der Waals surface area (Å²) in [6.45, 7) is 2.76. The van der Waals surface area contributed by atoms with Gasteiger partial charge in [0.1, 0.15) is 0 Å². The van der Waals surface area contributed by atoms with Crippen molar-refractivity contribution in [3.63, 3.8) is 0 Å². The third-order valence-electron chi connectivity index (χ3n) is 3.05. The number of nitriles is 1. The normalized spacial score (nSPS) is 14.2. The number of hydrogen-bond acceptors (Lipinski definition) is 4. The Morgan fingerprint density at radius 1 is 1.39 bits per heavy atom. The molecule has 0 heterocycles. The van der Waals surface area contributed by atoms with E-state index in [-0.39, 0.29) is 0 Å². The molecule has 1 rings (SSSR count). The molecule has 0 aliphatic heterocycles. The van der Waals surface area contributed by atoms with Crippen molar-refractivity contribution in [3.05, 3.63) is 35.4 Å². The van der Waals surface area contributed by atoms with Crippen LogP contribution in [0.15, 0.2) is 24.3 Å². The van der Waals surface area contributed by atoms with Crippen LogP contribution < -0.4 is 0 Å². The van der Waals surface area contributed by atoms with Gasteiger partial charge in [-0.25, -0.2) is 0 Å². The number of benzene rings is 1. The Labute approximate surface area is 113 Å². The summed E-state index contributed by atoms with van der Waals surface area (Å²) in [5.41, 5.74) is 1.48. The van der Waals surface area contributed by atoms with Gasteiger partial charge in [0, 0.05) is 18.3 Å². The molecular weight excluding hydrogens is 244 g/mol. The van der Waals surface area contributed by atoms with Crippen LogP contribution in [0.3, 0.4) is 0 Å². The molecule has 0 amide bonds. The van der Waals surface area contributed by atoms with E-state index in [4.69, 9.17) is 5.26 Å². The van der Waals surface area contributed by atoms with E-state index in [0.29, 0.717) is 18.2 Å². The van der Waals surface area contributed by atoms with E-state index in [9.17, 15) is 5.11 Å². The molecule has 3 nitrogen and oxygen atoms in total. The highest BCUT2D eigenvalue weighted by atomic mass is 32.2. The van der Waals surface area contributed by atoms with E-state index >= 15 is 0 Å². The van der Waals surface area contributed by atoms with Gasteiger partial charge in [0.2, 0.25) is 0 Å². The van der Waals surface area contributed by atoms with Crippen LogP contribution >= 0.6 is 11.8 Å². The number of aliphatic hydroxyl groups is 1. The Bertz CT molecular complexity index is 399. The molecule has 4 heteroatoms. The lowest BCUT2D eigenvalue weighted by Gasteiger charge is -2.26. The van der Waals surface area contributed by atoms with Gasteiger partial charge in [-0.2, -0.15) is 17.0 Å². The molecule has 0 aromatic heterocycles. The van der Waals surface area contributed by atoms with Crippen molar-refractivity contribution in [2.75, 3.05) is 25.6 Å². The Morgan fingerprint density at radius 3 is 2.50 bits per heavy atom. The molecule has 1 aromatic carbocycles. The molecule has 0 saturated carbocycles. The largest absolute Gasteiger partial charge is 0.387 e. The van der Waals surface area contributed by atoms with Crippen LogP contribution in [0.4, 0.5) is 0 Å². The minimum Gasteiger partial charge on any atom is -0.387 e. The molecule has 0 spiro atoms. The Hall–Kier alpha value is -1.02. The second-order valence-corrected chi connectivity index (χ2v) is 5.40. The van der Waals surface area contributed by atoms with Gasteiger partial charge in [-0.3, -0.25) is 4.90 Å². The average molecular weight is 264 g/mol. The standard InChI is InChI=1S/C14H20N2OS/c1-11(10-18-3)16(2)9-14(17)13-6-4-12(8-15)5-7-13/h4-7,11,14,17H,9-10H2,1-3H3. The SMILES string of the molecule is CSCC(C)N(C)CC(O)c1ccc(C#N)cc1. The number of rotatable bonds is 6. The van der Waals surface area contributed by atoms with Gasteiger partial charge in [0.25, 0.3) is 0 Å². The van der Waals surface area contributed by atoms with Crippen LogP contribution in [-0.4, -0.2) is 41.6 Å². The zero-order valence-corrected chi connectivity index (χ0v) is 11.9. The lowest BCUT2D eigenvalue weighted by molar-refractivity contribution is 0.113. The van der Waals surface area contributed by atoms with Gasteiger partial charge >= 0.3 is 0 Å². The predicted octanol–water partition coefficient (Wildman–Crippen LogP) is 2.27. The number of nitrogens with zero attached hydrogens (tertiary/aromatic N) is 2. The molecule has 0 aliphatic carbocycles. The average Bonchev–Trinajstić information content (AvgIpc) is 2.39. The lowest BCUT2D eigenvalue weighted by atomic mass is 10.1. The van der Waals surface area contributed by atoms with E-state index in [1.807, 2.05) is 19.2 Å². The maximum atomic E-state index is 10.1. The Balaban J connectivity index is 2.58. The topological polar surface area (TPSA) is 47.3 Å². The fourth-order valence-electron chi connectivity index (χ4n) is 1.71. The third-order valence-corrected chi connectivity index (χ3v) is 3.86. The summed E-state index contributed by atoms with van der Waals surface area (Å²) < 4.78 is 0. The molecule has 2 unspecified atom stereocenters. The fourth-order valence-corrected chi connectivity index (χ4v) is 2.44. The number of thioether (sulfide) groups is 1. The molecule has 0 fully saturated rings. The maximum absolute atomic E-state index is 10.1.